The maximum atomic E-state index is 12.1. The van der Waals surface area contributed by atoms with Crippen molar-refractivity contribution in [2.24, 2.45) is 20.5 Å². The number of nitrogens with two attached hydrogens (primary N) is 1. The van der Waals surface area contributed by atoms with Crippen LogP contribution in [0.4, 0.5) is 28.4 Å². The summed E-state index contributed by atoms with van der Waals surface area (Å²) in [4.78, 5) is -0.590. The zero-order chi connectivity index (χ0) is 25.3. The Balaban J connectivity index is 1.93. The van der Waals surface area contributed by atoms with Crippen LogP contribution in [0.1, 0.15) is 16.7 Å². The lowest BCUT2D eigenvalue weighted by Crippen LogP contribution is -2.00. The van der Waals surface area contributed by atoms with Gasteiger partial charge in [-0.15, -0.1) is 10.2 Å². The summed E-state index contributed by atoms with van der Waals surface area (Å²) in [5.41, 5.74) is 9.90. The molecule has 0 fully saturated rings. The molecule has 4 aromatic rings. The average molecular weight is 490 g/mol. The third-order valence-corrected chi connectivity index (χ3v) is 6.36. The minimum Gasteiger partial charge on any atom is -0.505 e. The number of phenols is 1. The monoisotopic (exact) mass is 489 g/mol. The van der Waals surface area contributed by atoms with Gasteiger partial charge in [-0.1, -0.05) is 35.9 Å². The van der Waals surface area contributed by atoms with Gasteiger partial charge in [-0.25, -0.2) is 0 Å². The highest BCUT2D eigenvalue weighted by atomic mass is 32.2. The van der Waals surface area contributed by atoms with Crippen LogP contribution in [0.25, 0.3) is 10.8 Å². The molecule has 0 aliphatic carbocycles. The number of benzene rings is 4. The fraction of sp³-hybridized carbons (Fsp3) is 0.120. The van der Waals surface area contributed by atoms with Gasteiger partial charge in [0.25, 0.3) is 10.1 Å². The summed E-state index contributed by atoms with van der Waals surface area (Å²) >= 11 is 0. The number of fused-ring (bicyclic) bond motifs is 1. The lowest BCUT2D eigenvalue weighted by molar-refractivity contribution is 0.472. The molecule has 0 spiro atoms. The van der Waals surface area contributed by atoms with Crippen molar-refractivity contribution >= 4 is 49.3 Å². The summed E-state index contributed by atoms with van der Waals surface area (Å²) in [6.07, 6.45) is 0. The molecule has 0 radical (unpaired) electrons. The summed E-state index contributed by atoms with van der Waals surface area (Å²) in [7, 11) is -4.74. The molecule has 4 rings (SSSR count). The number of aryl methyl sites for hydroxylation is 3. The highest BCUT2D eigenvalue weighted by molar-refractivity contribution is 7.86. The van der Waals surface area contributed by atoms with Gasteiger partial charge in [-0.3, -0.25) is 4.55 Å². The summed E-state index contributed by atoms with van der Waals surface area (Å²) in [5, 5.41) is 28.0. The van der Waals surface area contributed by atoms with Gasteiger partial charge >= 0.3 is 0 Å². The molecule has 10 heteroatoms. The third-order valence-electron chi connectivity index (χ3n) is 5.49. The quantitative estimate of drug-likeness (QED) is 0.155. The number of hydrogen-bond donors (Lipinski definition) is 3. The van der Waals surface area contributed by atoms with Gasteiger partial charge in [0, 0.05) is 0 Å². The minimum atomic E-state index is -4.74. The Hall–Kier alpha value is -4.15. The highest BCUT2D eigenvalue weighted by Crippen LogP contribution is 2.47. The summed E-state index contributed by atoms with van der Waals surface area (Å²) in [6, 6.07) is 17.3. The van der Waals surface area contributed by atoms with Crippen molar-refractivity contribution in [3.63, 3.8) is 0 Å². The van der Waals surface area contributed by atoms with Crippen LogP contribution in [0, 0.1) is 20.8 Å². The smallest absolute Gasteiger partial charge is 0.296 e. The number of rotatable bonds is 5. The molecule has 0 unspecified atom stereocenters. The Morgan fingerprint density at radius 3 is 2.11 bits per heavy atom. The van der Waals surface area contributed by atoms with E-state index in [1.165, 1.54) is 6.07 Å². The molecule has 9 nitrogen and oxygen atoms in total. The van der Waals surface area contributed by atoms with Crippen LogP contribution in [0.2, 0.25) is 0 Å². The van der Waals surface area contributed by atoms with E-state index in [2.05, 4.69) is 20.5 Å². The van der Waals surface area contributed by atoms with Gasteiger partial charge in [0.2, 0.25) is 0 Å². The molecule has 0 atom stereocenters. The molecule has 0 heterocycles. The zero-order valence-electron chi connectivity index (χ0n) is 19.3. The predicted molar refractivity (Wildman–Crippen MR) is 135 cm³/mol. The van der Waals surface area contributed by atoms with Crippen molar-refractivity contribution in [2.45, 2.75) is 25.7 Å². The van der Waals surface area contributed by atoms with E-state index in [1.54, 1.807) is 25.1 Å². The normalized spacial score (nSPS) is 12.2. The average Bonchev–Trinajstić information content (AvgIpc) is 2.79. The van der Waals surface area contributed by atoms with Crippen molar-refractivity contribution in [3.05, 3.63) is 77.4 Å². The lowest BCUT2D eigenvalue weighted by atomic mass is 10.0. The minimum absolute atomic E-state index is 0.0857. The van der Waals surface area contributed by atoms with E-state index in [-0.39, 0.29) is 16.5 Å². The maximum Gasteiger partial charge on any atom is 0.296 e. The fourth-order valence-electron chi connectivity index (χ4n) is 3.61. The SMILES string of the molecule is Cc1ccc(N=Nc2c(C)cc3cc(S(=O)(=O)O)c(N=Nc4ccccc4C)c(O)c3c2N)cc1. The highest BCUT2D eigenvalue weighted by Gasteiger charge is 2.24. The van der Waals surface area contributed by atoms with Crippen molar-refractivity contribution in [1.29, 1.82) is 0 Å². The number of anilines is 1. The first kappa shape index (κ1) is 24.0. The van der Waals surface area contributed by atoms with Crippen molar-refractivity contribution < 1.29 is 18.1 Å². The topological polar surface area (TPSA) is 150 Å². The number of hydrogen-bond acceptors (Lipinski definition) is 8. The van der Waals surface area contributed by atoms with Crippen LogP contribution in [0.5, 0.6) is 5.75 Å². The molecule has 4 N–H and O–H groups in total. The van der Waals surface area contributed by atoms with Crippen LogP contribution >= 0.6 is 0 Å². The van der Waals surface area contributed by atoms with E-state index < -0.39 is 26.5 Å². The van der Waals surface area contributed by atoms with Crippen LogP contribution in [-0.4, -0.2) is 18.1 Å². The third kappa shape index (κ3) is 4.88. The lowest BCUT2D eigenvalue weighted by Gasteiger charge is -2.13. The zero-order valence-corrected chi connectivity index (χ0v) is 20.1. The standard InChI is InChI=1S/C25H23N5O4S/c1-14-8-10-18(11-9-14)27-29-23-16(3)12-17-13-20(35(32,33)34)24(25(31)21(17)22(23)26)30-28-19-7-5-4-6-15(19)2/h4-13,31H,26H2,1-3H3,(H,32,33,34). The van der Waals surface area contributed by atoms with E-state index in [0.717, 1.165) is 11.1 Å². The van der Waals surface area contributed by atoms with Gasteiger partial charge in [-0.2, -0.15) is 18.6 Å². The number of phenolic OH excluding ortho intramolecular Hbond substituents is 1. The fourth-order valence-corrected chi connectivity index (χ4v) is 4.27. The van der Waals surface area contributed by atoms with E-state index in [4.69, 9.17) is 5.73 Å². The molecular weight excluding hydrogens is 466 g/mol. The molecule has 0 bridgehead atoms. The van der Waals surface area contributed by atoms with Crippen LogP contribution in [-0.2, 0) is 10.1 Å². The summed E-state index contributed by atoms with van der Waals surface area (Å²) in [5.74, 6) is -0.545. The second-order valence-corrected chi connectivity index (χ2v) is 9.51. The second kappa shape index (κ2) is 9.24. The van der Waals surface area contributed by atoms with E-state index in [1.807, 2.05) is 50.2 Å². The second-order valence-electron chi connectivity index (χ2n) is 8.12. The Morgan fingerprint density at radius 2 is 1.46 bits per heavy atom. The van der Waals surface area contributed by atoms with E-state index >= 15 is 0 Å². The largest absolute Gasteiger partial charge is 0.505 e. The molecule has 35 heavy (non-hydrogen) atoms. The van der Waals surface area contributed by atoms with E-state index in [0.29, 0.717) is 22.6 Å². The van der Waals surface area contributed by atoms with Crippen molar-refractivity contribution in [2.75, 3.05) is 5.73 Å². The molecule has 0 saturated carbocycles. The first-order valence-corrected chi connectivity index (χ1v) is 12.0. The van der Waals surface area contributed by atoms with E-state index in [9.17, 15) is 18.1 Å². The predicted octanol–water partition coefficient (Wildman–Crippen LogP) is 7.13. The molecule has 0 amide bonds. The Labute approximate surface area is 202 Å². The van der Waals surface area contributed by atoms with Crippen LogP contribution < -0.4 is 5.73 Å². The molecule has 0 aromatic heterocycles. The Bertz CT molecular complexity index is 1610. The molecule has 0 aliphatic heterocycles. The summed E-state index contributed by atoms with van der Waals surface area (Å²) < 4.78 is 34.1. The first-order valence-electron chi connectivity index (χ1n) is 10.6. The number of nitrogen functional groups attached to an aromatic ring is 1. The van der Waals surface area contributed by atoms with Crippen molar-refractivity contribution in [3.8, 4) is 5.75 Å². The van der Waals surface area contributed by atoms with Crippen LogP contribution in [0.3, 0.4) is 0 Å². The molecular formula is C25H23N5O4S. The maximum absolute atomic E-state index is 12.1. The number of azo groups is 2. The molecule has 0 saturated heterocycles. The summed E-state index contributed by atoms with van der Waals surface area (Å²) in [6.45, 7) is 5.50. The Morgan fingerprint density at radius 1 is 0.800 bits per heavy atom. The Kier molecular flexibility index (Phi) is 6.33. The van der Waals surface area contributed by atoms with Crippen molar-refractivity contribution in [1.82, 2.24) is 0 Å². The molecule has 178 valence electrons. The number of nitrogens with zero attached hydrogens (tertiary/aromatic N) is 4. The van der Waals surface area contributed by atoms with Gasteiger partial charge in [0.05, 0.1) is 22.4 Å². The van der Waals surface area contributed by atoms with Crippen LogP contribution in [0.15, 0.2) is 86.0 Å². The molecule has 4 aromatic carbocycles. The molecule has 0 aliphatic rings. The first-order chi connectivity index (χ1) is 16.6. The van der Waals surface area contributed by atoms with Gasteiger partial charge in [-0.05, 0) is 67.6 Å². The van der Waals surface area contributed by atoms with Gasteiger partial charge < -0.3 is 10.8 Å². The van der Waals surface area contributed by atoms with Gasteiger partial charge in [0.1, 0.15) is 16.3 Å². The van der Waals surface area contributed by atoms with Gasteiger partial charge in [0.15, 0.2) is 5.75 Å². The number of aromatic hydroxyl groups is 1.